The highest BCUT2D eigenvalue weighted by Gasteiger charge is 2.16. The Labute approximate surface area is 236 Å². The fourth-order valence-corrected chi connectivity index (χ4v) is 5.36. The normalized spacial score (nSPS) is 14.2. The molecule has 1 aliphatic heterocycles. The predicted octanol–water partition coefficient (Wildman–Crippen LogP) is 4.14. The number of hydrogen-bond acceptors (Lipinski definition) is 7. The van der Waals surface area contributed by atoms with Crippen LogP contribution in [-0.2, 0) is 6.54 Å². The summed E-state index contributed by atoms with van der Waals surface area (Å²) in [7, 11) is 3.81. The molecule has 6 aromatic rings. The first-order chi connectivity index (χ1) is 20.0. The van der Waals surface area contributed by atoms with E-state index in [1.807, 2.05) is 41.3 Å². The van der Waals surface area contributed by atoms with Crippen LogP contribution in [0.3, 0.4) is 0 Å². The summed E-state index contributed by atoms with van der Waals surface area (Å²) in [6.45, 7) is 4.79. The third kappa shape index (κ3) is 4.82. The van der Waals surface area contributed by atoms with Gasteiger partial charge in [0.1, 0.15) is 28.3 Å². The van der Waals surface area contributed by atoms with Crippen LogP contribution in [0.5, 0.6) is 5.75 Å². The van der Waals surface area contributed by atoms with Crippen molar-refractivity contribution in [3.05, 3.63) is 89.1 Å². The lowest BCUT2D eigenvalue weighted by Crippen LogP contribution is -2.44. The Morgan fingerprint density at radius 2 is 1.68 bits per heavy atom. The summed E-state index contributed by atoms with van der Waals surface area (Å²) in [5.74, 6) is 1.27. The number of anilines is 1. The monoisotopic (exact) mass is 546 g/mol. The highest BCUT2D eigenvalue weighted by Crippen LogP contribution is 2.29. The lowest BCUT2D eigenvalue weighted by Gasteiger charge is -2.34. The minimum atomic E-state index is -0.246. The summed E-state index contributed by atoms with van der Waals surface area (Å²) in [5.41, 5.74) is 6.46. The van der Waals surface area contributed by atoms with E-state index in [-0.39, 0.29) is 5.56 Å². The number of hydrogen-bond donors (Lipinski definition) is 2. The molecule has 0 saturated carbocycles. The van der Waals surface area contributed by atoms with Gasteiger partial charge in [0.15, 0.2) is 0 Å². The van der Waals surface area contributed by atoms with Crippen molar-refractivity contribution in [1.29, 1.82) is 0 Å². The number of rotatable bonds is 6. The first-order valence-electron chi connectivity index (χ1n) is 13.7. The lowest BCUT2D eigenvalue weighted by atomic mass is 10.1. The van der Waals surface area contributed by atoms with Crippen molar-refractivity contribution in [2.24, 2.45) is 0 Å². The van der Waals surface area contributed by atoms with E-state index in [1.165, 1.54) is 5.69 Å². The van der Waals surface area contributed by atoms with Crippen LogP contribution in [0.25, 0.3) is 44.6 Å². The molecule has 0 bridgehead atoms. The molecule has 0 amide bonds. The number of piperazine rings is 1. The van der Waals surface area contributed by atoms with E-state index in [0.717, 1.165) is 59.6 Å². The Morgan fingerprint density at radius 1 is 0.902 bits per heavy atom. The third-order valence-electron chi connectivity index (χ3n) is 7.78. The molecule has 1 aliphatic rings. The number of aromatic amines is 2. The molecule has 0 radical (unpaired) electrons. The van der Waals surface area contributed by atoms with Crippen LogP contribution in [0.15, 0.2) is 78.0 Å². The standard InChI is InChI=1S/C31H30N8O2/c1-37-11-13-38(14-12-37)24-7-5-21(6-8-24)22-15-26-27-28(35-30(26)32-16-22)31(40)36-29(34-27)23-17-33-39(19-23)18-20-3-9-25(41-2)10-4-20/h3-10,15-17,19H,11-14,18H2,1-2H3,(H,32,35)(H,34,36,40). The number of methoxy groups -OCH3 is 1. The maximum Gasteiger partial charge on any atom is 0.275 e. The van der Waals surface area contributed by atoms with E-state index in [0.29, 0.717) is 29.0 Å². The fourth-order valence-electron chi connectivity index (χ4n) is 5.36. The first kappa shape index (κ1) is 25.0. The van der Waals surface area contributed by atoms with E-state index in [4.69, 9.17) is 9.72 Å². The van der Waals surface area contributed by atoms with Crippen LogP contribution in [0.2, 0.25) is 0 Å². The number of fused-ring (bicyclic) bond motifs is 3. The average molecular weight is 547 g/mol. The Morgan fingerprint density at radius 3 is 2.44 bits per heavy atom. The molecule has 7 rings (SSSR count). The number of ether oxygens (including phenoxy) is 1. The van der Waals surface area contributed by atoms with Crippen molar-refractivity contribution in [2.75, 3.05) is 45.2 Å². The summed E-state index contributed by atoms with van der Waals surface area (Å²) in [6, 6.07) is 18.5. The second-order valence-electron chi connectivity index (χ2n) is 10.5. The van der Waals surface area contributed by atoms with Crippen LogP contribution in [-0.4, -0.2) is 75.0 Å². The summed E-state index contributed by atoms with van der Waals surface area (Å²) in [6.07, 6.45) is 5.43. The van der Waals surface area contributed by atoms with Crippen LogP contribution >= 0.6 is 0 Å². The number of aromatic nitrogens is 6. The third-order valence-corrected chi connectivity index (χ3v) is 7.78. The number of nitrogens with one attached hydrogen (secondary N) is 2. The molecule has 206 valence electrons. The maximum atomic E-state index is 13.1. The molecule has 4 aromatic heterocycles. The molecule has 5 heterocycles. The minimum Gasteiger partial charge on any atom is -0.497 e. The van der Waals surface area contributed by atoms with Gasteiger partial charge in [0, 0.05) is 55.2 Å². The molecule has 1 fully saturated rings. The highest BCUT2D eigenvalue weighted by molar-refractivity contribution is 6.04. The van der Waals surface area contributed by atoms with Crippen molar-refractivity contribution in [3.8, 4) is 28.3 Å². The van der Waals surface area contributed by atoms with Gasteiger partial charge in [-0.25, -0.2) is 9.97 Å². The van der Waals surface area contributed by atoms with Gasteiger partial charge in [0.25, 0.3) is 5.56 Å². The number of likely N-dealkylation sites (N-methyl/N-ethyl adjacent to an activating group) is 1. The van der Waals surface area contributed by atoms with E-state index < -0.39 is 0 Å². The van der Waals surface area contributed by atoms with Gasteiger partial charge < -0.3 is 24.5 Å². The zero-order valence-electron chi connectivity index (χ0n) is 23.0. The van der Waals surface area contributed by atoms with E-state index in [9.17, 15) is 4.79 Å². The van der Waals surface area contributed by atoms with E-state index in [1.54, 1.807) is 13.3 Å². The van der Waals surface area contributed by atoms with E-state index >= 15 is 0 Å². The summed E-state index contributed by atoms with van der Waals surface area (Å²) in [4.78, 5) is 33.4. The van der Waals surface area contributed by atoms with Crippen LogP contribution < -0.4 is 15.2 Å². The Kier molecular flexibility index (Phi) is 6.24. The fraction of sp³-hybridized carbons (Fsp3) is 0.226. The smallest absolute Gasteiger partial charge is 0.275 e. The molecule has 0 aliphatic carbocycles. The maximum absolute atomic E-state index is 13.1. The van der Waals surface area contributed by atoms with Gasteiger partial charge in [0.2, 0.25) is 0 Å². The molecule has 1 saturated heterocycles. The molecule has 0 atom stereocenters. The summed E-state index contributed by atoms with van der Waals surface area (Å²) < 4.78 is 7.06. The number of H-pyrrole nitrogens is 2. The molecule has 10 nitrogen and oxygen atoms in total. The average Bonchev–Trinajstić information content (AvgIpc) is 3.63. The number of pyridine rings is 1. The molecule has 10 heteroatoms. The van der Waals surface area contributed by atoms with Gasteiger partial charge in [-0.15, -0.1) is 0 Å². The highest BCUT2D eigenvalue weighted by atomic mass is 16.5. The topological polar surface area (TPSA) is 108 Å². The van der Waals surface area contributed by atoms with Crippen molar-refractivity contribution in [2.45, 2.75) is 6.54 Å². The molecule has 2 N–H and O–H groups in total. The van der Waals surface area contributed by atoms with Gasteiger partial charge in [-0.1, -0.05) is 24.3 Å². The Bertz CT molecular complexity index is 1900. The molecular weight excluding hydrogens is 516 g/mol. The second kappa shape index (κ2) is 10.2. The number of nitrogens with zero attached hydrogens (tertiary/aromatic N) is 6. The molecule has 41 heavy (non-hydrogen) atoms. The van der Waals surface area contributed by atoms with Crippen molar-refractivity contribution in [3.63, 3.8) is 0 Å². The number of benzene rings is 2. The molecule has 2 aromatic carbocycles. The Hall–Kier alpha value is -4.96. The largest absolute Gasteiger partial charge is 0.497 e. The summed E-state index contributed by atoms with van der Waals surface area (Å²) in [5, 5.41) is 5.29. The van der Waals surface area contributed by atoms with Crippen molar-refractivity contribution >= 4 is 27.8 Å². The SMILES string of the molecule is COc1ccc(Cn2cc(-c3nc4c([nH]c5ncc(-c6ccc(N7CCN(C)CC7)cc6)cc54)c(=O)[nH]3)cn2)cc1. The quantitative estimate of drug-likeness (QED) is 0.323. The van der Waals surface area contributed by atoms with Gasteiger partial charge in [0.05, 0.1) is 25.4 Å². The van der Waals surface area contributed by atoms with E-state index in [2.05, 4.69) is 67.2 Å². The van der Waals surface area contributed by atoms with Crippen LogP contribution in [0.1, 0.15) is 5.56 Å². The summed E-state index contributed by atoms with van der Waals surface area (Å²) >= 11 is 0. The van der Waals surface area contributed by atoms with Crippen molar-refractivity contribution in [1.82, 2.24) is 34.6 Å². The predicted molar refractivity (Wildman–Crippen MR) is 160 cm³/mol. The van der Waals surface area contributed by atoms with Crippen LogP contribution in [0.4, 0.5) is 5.69 Å². The van der Waals surface area contributed by atoms with Gasteiger partial charge in [-0.05, 0) is 48.5 Å². The molecular formula is C31H30N8O2. The van der Waals surface area contributed by atoms with Crippen LogP contribution in [0, 0.1) is 0 Å². The van der Waals surface area contributed by atoms with Gasteiger partial charge >= 0.3 is 0 Å². The molecule has 0 unspecified atom stereocenters. The Balaban J connectivity index is 1.19. The lowest BCUT2D eigenvalue weighted by molar-refractivity contribution is 0.313. The van der Waals surface area contributed by atoms with Crippen molar-refractivity contribution < 1.29 is 4.74 Å². The zero-order chi connectivity index (χ0) is 27.9. The minimum absolute atomic E-state index is 0.246. The van der Waals surface area contributed by atoms with Gasteiger partial charge in [-0.3, -0.25) is 9.48 Å². The second-order valence-corrected chi connectivity index (χ2v) is 10.5. The first-order valence-corrected chi connectivity index (χ1v) is 13.7. The zero-order valence-corrected chi connectivity index (χ0v) is 23.0. The van der Waals surface area contributed by atoms with Gasteiger partial charge in [-0.2, -0.15) is 5.10 Å². The molecule has 0 spiro atoms.